The lowest BCUT2D eigenvalue weighted by Gasteiger charge is -2.40. The molecule has 0 aliphatic heterocycles. The predicted molar refractivity (Wildman–Crippen MR) is 150 cm³/mol. The lowest BCUT2D eigenvalue weighted by molar-refractivity contribution is -0.222. The van der Waals surface area contributed by atoms with Gasteiger partial charge in [-0.3, -0.25) is 0 Å². The molecule has 3 aromatic rings. The normalized spacial score (nSPS) is 24.5. The second-order valence-electron chi connectivity index (χ2n) is 12.3. The summed E-state index contributed by atoms with van der Waals surface area (Å²) >= 11 is 0. The SMILES string of the molecule is CC1CCC(c2ccc(C3CCC(C(F)(F)Oc4ccc(-c5cc(F)c(S(F)(F)(F)(F)F)c(F)c5)c(F)c4)CC3)c(F)c2)CC1. The minimum absolute atomic E-state index is 0.0169. The molecule has 0 saturated heterocycles. The van der Waals surface area contributed by atoms with Crippen molar-refractivity contribution in [2.24, 2.45) is 11.8 Å². The second-order valence-corrected chi connectivity index (χ2v) is 14.7. The van der Waals surface area contributed by atoms with Gasteiger partial charge in [-0.2, -0.15) is 8.78 Å². The van der Waals surface area contributed by atoms with E-state index >= 15 is 13.2 Å². The largest absolute Gasteiger partial charge is 0.432 e. The van der Waals surface area contributed by atoms with E-state index in [0.29, 0.717) is 23.5 Å². The highest BCUT2D eigenvalue weighted by atomic mass is 32.5. The molecule has 1 nitrogen and oxygen atoms in total. The Morgan fingerprint density at radius 2 is 1.22 bits per heavy atom. The van der Waals surface area contributed by atoms with E-state index < -0.39 is 61.5 Å². The molecule has 0 bridgehead atoms. The maximum Gasteiger partial charge on any atom is 0.400 e. The number of benzene rings is 3. The molecule has 0 heterocycles. The van der Waals surface area contributed by atoms with E-state index in [2.05, 4.69) is 6.92 Å². The van der Waals surface area contributed by atoms with Crippen LogP contribution in [0.4, 0.5) is 45.8 Å². The van der Waals surface area contributed by atoms with Gasteiger partial charge in [0.15, 0.2) is 4.90 Å². The molecule has 248 valence electrons. The highest BCUT2D eigenvalue weighted by molar-refractivity contribution is 8.45. The number of ether oxygens (including phenoxy) is 1. The minimum atomic E-state index is -10.7. The van der Waals surface area contributed by atoms with Crippen LogP contribution >= 0.6 is 10.2 Å². The Hall–Kier alpha value is -2.96. The van der Waals surface area contributed by atoms with Gasteiger partial charge >= 0.3 is 16.3 Å². The fraction of sp³-hybridized carbons (Fsp3) is 0.438. The Labute approximate surface area is 253 Å². The Balaban J connectivity index is 1.24. The number of rotatable bonds is 7. The molecule has 2 aliphatic rings. The average Bonchev–Trinajstić information content (AvgIpc) is 2.91. The first-order chi connectivity index (χ1) is 20.7. The summed E-state index contributed by atoms with van der Waals surface area (Å²) in [5.41, 5.74) is -0.168. The number of hydrogen-bond donors (Lipinski definition) is 0. The Morgan fingerprint density at radius 1 is 0.644 bits per heavy atom. The molecule has 2 saturated carbocycles. The van der Waals surface area contributed by atoms with Gasteiger partial charge in [0.25, 0.3) is 0 Å². The van der Waals surface area contributed by atoms with Crippen LogP contribution < -0.4 is 4.74 Å². The van der Waals surface area contributed by atoms with Gasteiger partial charge in [0.1, 0.15) is 29.0 Å². The molecule has 0 amide bonds. The molecule has 0 atom stereocenters. The molecule has 2 fully saturated rings. The third kappa shape index (κ3) is 7.38. The fourth-order valence-corrected chi connectivity index (χ4v) is 7.44. The fourth-order valence-electron chi connectivity index (χ4n) is 6.58. The van der Waals surface area contributed by atoms with Gasteiger partial charge in [-0.05, 0) is 103 Å². The molecule has 3 aromatic carbocycles. The van der Waals surface area contributed by atoms with E-state index in [1.807, 2.05) is 6.07 Å². The molecular weight excluding hydrogens is 641 g/mol. The summed E-state index contributed by atoms with van der Waals surface area (Å²) < 4.78 is 158. The molecule has 0 spiro atoms. The molecule has 45 heavy (non-hydrogen) atoms. The van der Waals surface area contributed by atoms with Crippen LogP contribution in [-0.4, -0.2) is 6.11 Å². The Morgan fingerprint density at radius 3 is 1.76 bits per heavy atom. The zero-order chi connectivity index (χ0) is 33.0. The van der Waals surface area contributed by atoms with Crippen molar-refractivity contribution in [1.82, 2.24) is 0 Å². The van der Waals surface area contributed by atoms with Crippen LogP contribution in [0.5, 0.6) is 5.75 Å². The lowest BCUT2D eigenvalue weighted by atomic mass is 9.76. The van der Waals surface area contributed by atoms with Crippen molar-refractivity contribution in [3.05, 3.63) is 82.9 Å². The first-order valence-electron chi connectivity index (χ1n) is 14.6. The zero-order valence-corrected chi connectivity index (χ0v) is 24.9. The van der Waals surface area contributed by atoms with Crippen LogP contribution in [0.1, 0.15) is 81.3 Å². The third-order valence-corrected chi connectivity index (χ3v) is 10.2. The summed E-state index contributed by atoms with van der Waals surface area (Å²) in [7, 11) is -10.7. The molecule has 0 radical (unpaired) electrons. The van der Waals surface area contributed by atoms with Gasteiger partial charge in [0.2, 0.25) is 0 Å². The first kappa shape index (κ1) is 33.4. The van der Waals surface area contributed by atoms with Crippen molar-refractivity contribution < 1.29 is 50.5 Å². The molecular formula is C32H31F11OS. The smallest absolute Gasteiger partial charge is 0.400 e. The molecule has 0 unspecified atom stereocenters. The highest BCUT2D eigenvalue weighted by Crippen LogP contribution is 3.02. The van der Waals surface area contributed by atoms with Gasteiger partial charge in [0.05, 0.1) is 5.92 Å². The Bertz CT molecular complexity index is 1550. The van der Waals surface area contributed by atoms with Crippen LogP contribution in [0.25, 0.3) is 11.1 Å². The molecule has 5 rings (SSSR count). The van der Waals surface area contributed by atoms with E-state index in [9.17, 15) is 32.6 Å². The van der Waals surface area contributed by atoms with Crippen molar-refractivity contribution in [3.8, 4) is 16.9 Å². The molecule has 2 aliphatic carbocycles. The minimum Gasteiger partial charge on any atom is -0.432 e. The van der Waals surface area contributed by atoms with E-state index in [1.54, 1.807) is 12.1 Å². The molecule has 0 aromatic heterocycles. The van der Waals surface area contributed by atoms with Crippen LogP contribution in [0.2, 0.25) is 0 Å². The second kappa shape index (κ2) is 11.1. The monoisotopic (exact) mass is 672 g/mol. The van der Waals surface area contributed by atoms with Gasteiger partial charge in [0, 0.05) is 11.6 Å². The quantitative estimate of drug-likeness (QED) is 0.227. The van der Waals surface area contributed by atoms with Gasteiger partial charge in [-0.25, -0.2) is 17.6 Å². The predicted octanol–water partition coefficient (Wildman–Crippen LogP) is 12.8. The van der Waals surface area contributed by atoms with E-state index in [4.69, 9.17) is 4.74 Å². The maximum atomic E-state index is 15.1. The Kier molecular flexibility index (Phi) is 8.23. The highest BCUT2D eigenvalue weighted by Gasteiger charge is 2.69. The van der Waals surface area contributed by atoms with Crippen molar-refractivity contribution in [1.29, 1.82) is 0 Å². The summed E-state index contributed by atoms with van der Waals surface area (Å²) in [5, 5.41) is 0. The molecule has 0 N–H and O–H groups in total. The van der Waals surface area contributed by atoms with Gasteiger partial charge in [-0.1, -0.05) is 51.3 Å². The van der Waals surface area contributed by atoms with Gasteiger partial charge in [-0.15, -0.1) is 0 Å². The zero-order valence-electron chi connectivity index (χ0n) is 24.1. The van der Waals surface area contributed by atoms with Crippen LogP contribution in [-0.2, 0) is 0 Å². The summed E-state index contributed by atoms with van der Waals surface area (Å²) in [6.45, 7) is 2.20. The van der Waals surface area contributed by atoms with E-state index in [-0.39, 0.29) is 49.6 Å². The first-order valence-corrected chi connectivity index (χ1v) is 16.6. The van der Waals surface area contributed by atoms with Crippen molar-refractivity contribution in [3.63, 3.8) is 0 Å². The summed E-state index contributed by atoms with van der Waals surface area (Å²) in [4.78, 5) is -3.36. The summed E-state index contributed by atoms with van der Waals surface area (Å²) in [6, 6.07) is 6.99. The van der Waals surface area contributed by atoms with Crippen LogP contribution in [0, 0.1) is 35.1 Å². The topological polar surface area (TPSA) is 9.23 Å². The molecule has 13 heteroatoms. The van der Waals surface area contributed by atoms with Crippen molar-refractivity contribution in [2.45, 2.75) is 81.1 Å². The average molecular weight is 673 g/mol. The van der Waals surface area contributed by atoms with Crippen molar-refractivity contribution in [2.75, 3.05) is 0 Å². The third-order valence-electron chi connectivity index (χ3n) is 9.04. The van der Waals surface area contributed by atoms with Crippen LogP contribution in [0.15, 0.2) is 53.4 Å². The summed E-state index contributed by atoms with van der Waals surface area (Å²) in [6.07, 6.45) is 0.904. The van der Waals surface area contributed by atoms with E-state index in [1.165, 1.54) is 0 Å². The van der Waals surface area contributed by atoms with Gasteiger partial charge < -0.3 is 4.74 Å². The van der Waals surface area contributed by atoms with Crippen molar-refractivity contribution >= 4 is 10.2 Å². The van der Waals surface area contributed by atoms with E-state index in [0.717, 1.165) is 43.4 Å². The standard InChI is InChI=1S/C32H31F11OS/c1-18-2-4-19(5-3-18)21-8-12-25(27(33)14-21)20-6-9-23(10-7-20)32(37,38)44-24-11-13-26(28(34)17-24)22-15-29(35)31(30(36)16-22)45(39,40,41,42)43/h8,11-20,23H,2-7,9-10H2,1H3. The number of alkyl halides is 2. The summed E-state index contributed by atoms with van der Waals surface area (Å²) in [5.74, 6) is -8.31. The van der Waals surface area contributed by atoms with Crippen LogP contribution in [0.3, 0.4) is 0 Å². The lowest BCUT2D eigenvalue weighted by Crippen LogP contribution is -2.37. The number of halogens is 11. The maximum absolute atomic E-state index is 15.1. The number of hydrogen-bond acceptors (Lipinski definition) is 1.